The fourth-order valence-electron chi connectivity index (χ4n) is 1.25. The fraction of sp³-hybridized carbons (Fsp3) is 0.200. The largest absolute Gasteiger partial charge is 0.183 e. The van der Waals surface area contributed by atoms with Crippen molar-refractivity contribution < 1.29 is 0 Å². The fourth-order valence-corrected chi connectivity index (χ4v) is 2.35. The molecule has 2 aromatic rings. The van der Waals surface area contributed by atoms with Crippen LogP contribution in [0.4, 0.5) is 0 Å². The third kappa shape index (κ3) is 2.01. The maximum absolute atomic E-state index is 4.08. The van der Waals surface area contributed by atoms with Gasteiger partial charge in [0.1, 0.15) is 5.01 Å². The molecule has 0 aliphatic heterocycles. The van der Waals surface area contributed by atoms with E-state index < -0.39 is 0 Å². The highest BCUT2D eigenvalue weighted by Crippen LogP contribution is 2.26. The second-order valence-corrected chi connectivity index (χ2v) is 5.17. The smallest absolute Gasteiger partial charge is 0.137 e. The number of benzene rings is 1. The predicted molar refractivity (Wildman–Crippen MR) is 62.4 cm³/mol. The standard InChI is InChI=1S/C10H9BrN2S/c1-2-7-4-3-5-8(6-7)9-12-13-10(11)14-9/h3-6H,2H2,1H3. The summed E-state index contributed by atoms with van der Waals surface area (Å²) in [6.45, 7) is 2.15. The summed E-state index contributed by atoms with van der Waals surface area (Å²) in [6, 6.07) is 8.40. The van der Waals surface area contributed by atoms with Gasteiger partial charge in [0.2, 0.25) is 0 Å². The molecule has 0 bridgehead atoms. The van der Waals surface area contributed by atoms with E-state index in [9.17, 15) is 0 Å². The van der Waals surface area contributed by atoms with Gasteiger partial charge in [-0.3, -0.25) is 0 Å². The van der Waals surface area contributed by atoms with Gasteiger partial charge in [-0.15, -0.1) is 10.2 Å². The van der Waals surface area contributed by atoms with Crippen LogP contribution >= 0.6 is 27.3 Å². The average molecular weight is 269 g/mol. The molecule has 4 heteroatoms. The van der Waals surface area contributed by atoms with Gasteiger partial charge in [-0.25, -0.2) is 0 Å². The van der Waals surface area contributed by atoms with Crippen LogP contribution in [0.2, 0.25) is 0 Å². The lowest BCUT2D eigenvalue weighted by Crippen LogP contribution is -1.81. The molecule has 0 N–H and O–H groups in total. The lowest BCUT2D eigenvalue weighted by molar-refractivity contribution is 1.07. The van der Waals surface area contributed by atoms with Crippen molar-refractivity contribution in [3.05, 3.63) is 33.7 Å². The Morgan fingerprint density at radius 3 is 2.86 bits per heavy atom. The quantitative estimate of drug-likeness (QED) is 0.833. The molecule has 72 valence electrons. The van der Waals surface area contributed by atoms with Crippen LogP contribution in [0, 0.1) is 0 Å². The average Bonchev–Trinajstić information content (AvgIpc) is 2.65. The van der Waals surface area contributed by atoms with Crippen molar-refractivity contribution in [1.29, 1.82) is 0 Å². The Labute approximate surface area is 95.1 Å². The zero-order chi connectivity index (χ0) is 9.97. The number of aromatic nitrogens is 2. The molecule has 1 aromatic heterocycles. The number of aryl methyl sites for hydroxylation is 1. The Bertz CT molecular complexity index is 439. The zero-order valence-electron chi connectivity index (χ0n) is 7.70. The maximum Gasteiger partial charge on any atom is 0.183 e. The third-order valence-electron chi connectivity index (χ3n) is 1.98. The van der Waals surface area contributed by atoms with E-state index in [0.29, 0.717) is 0 Å². The monoisotopic (exact) mass is 268 g/mol. The van der Waals surface area contributed by atoms with Gasteiger partial charge in [0.25, 0.3) is 0 Å². The highest BCUT2D eigenvalue weighted by molar-refractivity contribution is 9.11. The highest BCUT2D eigenvalue weighted by atomic mass is 79.9. The molecule has 2 rings (SSSR count). The van der Waals surface area contributed by atoms with Crippen LogP contribution in [0.3, 0.4) is 0 Å². The first-order chi connectivity index (χ1) is 6.79. The Hall–Kier alpha value is -0.740. The minimum atomic E-state index is 0.828. The molecule has 14 heavy (non-hydrogen) atoms. The van der Waals surface area contributed by atoms with E-state index in [1.165, 1.54) is 5.56 Å². The van der Waals surface area contributed by atoms with Gasteiger partial charge in [0.15, 0.2) is 3.92 Å². The summed E-state index contributed by atoms with van der Waals surface area (Å²) in [5, 5.41) is 8.98. The molecular weight excluding hydrogens is 260 g/mol. The third-order valence-corrected chi connectivity index (χ3v) is 3.39. The van der Waals surface area contributed by atoms with Crippen LogP contribution in [0.15, 0.2) is 28.2 Å². The lowest BCUT2D eigenvalue weighted by atomic mass is 10.1. The van der Waals surface area contributed by atoms with E-state index in [1.807, 2.05) is 0 Å². The summed E-state index contributed by atoms with van der Waals surface area (Å²) in [7, 11) is 0. The molecule has 1 heterocycles. The maximum atomic E-state index is 4.08. The number of rotatable bonds is 2. The van der Waals surface area contributed by atoms with E-state index in [-0.39, 0.29) is 0 Å². The lowest BCUT2D eigenvalue weighted by Gasteiger charge is -1.98. The SMILES string of the molecule is CCc1cccc(-c2nnc(Br)s2)c1. The molecule has 1 aromatic carbocycles. The summed E-state index contributed by atoms with van der Waals surface area (Å²) in [5.74, 6) is 0. The molecule has 0 spiro atoms. The van der Waals surface area contributed by atoms with Gasteiger partial charge < -0.3 is 0 Å². The van der Waals surface area contributed by atoms with Crippen molar-refractivity contribution in [2.75, 3.05) is 0 Å². The number of hydrogen-bond acceptors (Lipinski definition) is 3. The van der Waals surface area contributed by atoms with Crippen LogP contribution in [0.25, 0.3) is 10.6 Å². The van der Waals surface area contributed by atoms with Gasteiger partial charge in [-0.1, -0.05) is 36.5 Å². The van der Waals surface area contributed by atoms with E-state index in [2.05, 4.69) is 57.3 Å². The first-order valence-corrected chi connectivity index (χ1v) is 5.99. The number of nitrogens with zero attached hydrogens (tertiary/aromatic N) is 2. The zero-order valence-corrected chi connectivity index (χ0v) is 10.1. The van der Waals surface area contributed by atoms with Gasteiger partial charge in [0.05, 0.1) is 0 Å². The second-order valence-electron chi connectivity index (χ2n) is 2.91. The minimum Gasteiger partial charge on any atom is -0.137 e. The molecular formula is C10H9BrN2S. The number of halogens is 1. The molecule has 0 unspecified atom stereocenters. The summed E-state index contributed by atoms with van der Waals surface area (Å²) in [4.78, 5) is 0. The molecule has 0 saturated carbocycles. The highest BCUT2D eigenvalue weighted by Gasteiger charge is 2.04. The minimum absolute atomic E-state index is 0.828. The Morgan fingerprint density at radius 1 is 1.36 bits per heavy atom. The first-order valence-electron chi connectivity index (χ1n) is 4.38. The van der Waals surface area contributed by atoms with Crippen molar-refractivity contribution >= 4 is 27.3 Å². The summed E-state index contributed by atoms with van der Waals surface area (Å²) < 4.78 is 0.828. The normalized spacial score (nSPS) is 10.4. The first kappa shape index (κ1) is 9.80. The second kappa shape index (κ2) is 4.19. The van der Waals surface area contributed by atoms with E-state index >= 15 is 0 Å². The van der Waals surface area contributed by atoms with Gasteiger partial charge in [-0.2, -0.15) is 0 Å². The van der Waals surface area contributed by atoms with Crippen LogP contribution in [-0.2, 0) is 6.42 Å². The molecule has 0 aliphatic carbocycles. The van der Waals surface area contributed by atoms with Crippen LogP contribution in [0.5, 0.6) is 0 Å². The Kier molecular flexibility index (Phi) is 2.93. The summed E-state index contributed by atoms with van der Waals surface area (Å²) in [5.41, 5.74) is 2.47. The van der Waals surface area contributed by atoms with Crippen molar-refractivity contribution in [3.63, 3.8) is 0 Å². The van der Waals surface area contributed by atoms with Gasteiger partial charge in [0, 0.05) is 5.56 Å². The summed E-state index contributed by atoms with van der Waals surface area (Å²) in [6.07, 6.45) is 1.05. The molecule has 0 amide bonds. The molecule has 0 fully saturated rings. The summed E-state index contributed by atoms with van der Waals surface area (Å²) >= 11 is 4.86. The molecule has 0 aliphatic rings. The van der Waals surface area contributed by atoms with Crippen LogP contribution in [-0.4, -0.2) is 10.2 Å². The van der Waals surface area contributed by atoms with E-state index in [1.54, 1.807) is 11.3 Å². The molecule has 0 saturated heterocycles. The van der Waals surface area contributed by atoms with Crippen molar-refractivity contribution in [2.24, 2.45) is 0 Å². The van der Waals surface area contributed by atoms with Crippen molar-refractivity contribution in [1.82, 2.24) is 10.2 Å². The Morgan fingerprint density at radius 2 is 2.21 bits per heavy atom. The molecule has 2 nitrogen and oxygen atoms in total. The Balaban J connectivity index is 2.41. The number of hydrogen-bond donors (Lipinski definition) is 0. The van der Waals surface area contributed by atoms with E-state index in [4.69, 9.17) is 0 Å². The molecule has 0 radical (unpaired) electrons. The van der Waals surface area contributed by atoms with Crippen LogP contribution < -0.4 is 0 Å². The van der Waals surface area contributed by atoms with Gasteiger partial charge in [-0.05, 0) is 34.0 Å². The van der Waals surface area contributed by atoms with E-state index in [0.717, 1.165) is 20.9 Å². The van der Waals surface area contributed by atoms with Crippen molar-refractivity contribution in [2.45, 2.75) is 13.3 Å². The van der Waals surface area contributed by atoms with Crippen molar-refractivity contribution in [3.8, 4) is 10.6 Å². The topological polar surface area (TPSA) is 25.8 Å². The van der Waals surface area contributed by atoms with Crippen LogP contribution in [0.1, 0.15) is 12.5 Å². The predicted octanol–water partition coefficient (Wildman–Crippen LogP) is 3.53. The molecule has 0 atom stereocenters. The van der Waals surface area contributed by atoms with Gasteiger partial charge >= 0.3 is 0 Å².